The lowest BCUT2D eigenvalue weighted by atomic mass is 10.1. The van der Waals surface area contributed by atoms with E-state index in [4.69, 9.17) is 0 Å². The van der Waals surface area contributed by atoms with Crippen molar-refractivity contribution in [2.75, 3.05) is 6.54 Å². The van der Waals surface area contributed by atoms with E-state index in [0.717, 1.165) is 23.5 Å². The zero-order valence-electron chi connectivity index (χ0n) is 13.1. The maximum atomic E-state index is 13.6. The lowest BCUT2D eigenvalue weighted by Gasteiger charge is -2.12. The van der Waals surface area contributed by atoms with Crippen LogP contribution in [0.2, 0.25) is 0 Å². The van der Waals surface area contributed by atoms with Crippen molar-refractivity contribution in [2.24, 2.45) is 0 Å². The first kappa shape index (κ1) is 17.9. The molecule has 2 aromatic carbocycles. The second kappa shape index (κ2) is 7.14. The molecule has 3 rings (SSSR count). The van der Waals surface area contributed by atoms with Crippen LogP contribution in [0.15, 0.2) is 42.5 Å². The number of benzene rings is 2. The number of fused-ring (bicyclic) bond motifs is 1. The molecule has 0 spiro atoms. The molecule has 0 aliphatic carbocycles. The summed E-state index contributed by atoms with van der Waals surface area (Å²) in [6.07, 6.45) is -1.34. The molecule has 0 saturated carbocycles. The summed E-state index contributed by atoms with van der Waals surface area (Å²) in [5.74, 6) is -2.17. The van der Waals surface area contributed by atoms with Crippen LogP contribution in [0.25, 0.3) is 10.1 Å². The lowest BCUT2D eigenvalue weighted by Crippen LogP contribution is -2.28. The molecule has 2 N–H and O–H groups in total. The van der Waals surface area contributed by atoms with E-state index >= 15 is 0 Å². The van der Waals surface area contributed by atoms with Gasteiger partial charge >= 0.3 is 0 Å². The van der Waals surface area contributed by atoms with Crippen LogP contribution in [0.5, 0.6) is 0 Å². The largest absolute Gasteiger partial charge is 0.386 e. The van der Waals surface area contributed by atoms with Gasteiger partial charge in [0, 0.05) is 40.4 Å². The predicted molar refractivity (Wildman–Crippen MR) is 92.1 cm³/mol. The van der Waals surface area contributed by atoms with E-state index in [9.17, 15) is 28.8 Å². The van der Waals surface area contributed by atoms with E-state index in [2.05, 4.69) is 5.32 Å². The minimum atomic E-state index is -1.34. The van der Waals surface area contributed by atoms with Gasteiger partial charge in [-0.15, -0.1) is 11.3 Å². The van der Waals surface area contributed by atoms with Crippen LogP contribution in [-0.2, 0) is 0 Å². The molecule has 0 bridgehead atoms. The van der Waals surface area contributed by atoms with E-state index in [1.54, 1.807) is 6.07 Å². The Morgan fingerprint density at radius 2 is 2.00 bits per heavy atom. The number of nitrogens with one attached hydrogen (secondary N) is 1. The molecule has 0 unspecified atom stereocenters. The number of amides is 1. The van der Waals surface area contributed by atoms with Gasteiger partial charge in [-0.05, 0) is 18.2 Å². The van der Waals surface area contributed by atoms with Crippen LogP contribution in [0.4, 0.5) is 14.5 Å². The van der Waals surface area contributed by atoms with Crippen LogP contribution < -0.4 is 5.32 Å². The Balaban J connectivity index is 1.71. The summed E-state index contributed by atoms with van der Waals surface area (Å²) in [7, 11) is 0. The molecule has 0 aliphatic heterocycles. The van der Waals surface area contributed by atoms with Crippen molar-refractivity contribution in [3.05, 3.63) is 74.7 Å². The van der Waals surface area contributed by atoms with Gasteiger partial charge in [0.15, 0.2) is 0 Å². The number of nitro groups is 1. The van der Waals surface area contributed by atoms with Gasteiger partial charge in [-0.25, -0.2) is 8.78 Å². The first-order chi connectivity index (χ1) is 12.3. The highest BCUT2D eigenvalue weighted by Crippen LogP contribution is 2.29. The van der Waals surface area contributed by atoms with Gasteiger partial charge < -0.3 is 10.4 Å². The third-order valence-corrected chi connectivity index (χ3v) is 4.83. The molecule has 0 radical (unpaired) electrons. The number of carbonyl (C=O) groups excluding carboxylic acids is 1. The number of aliphatic hydroxyl groups is 1. The van der Waals surface area contributed by atoms with Gasteiger partial charge in [-0.1, -0.05) is 6.07 Å². The molecule has 1 heterocycles. The van der Waals surface area contributed by atoms with E-state index in [-0.39, 0.29) is 17.8 Å². The zero-order chi connectivity index (χ0) is 18.8. The summed E-state index contributed by atoms with van der Waals surface area (Å²) in [4.78, 5) is 22.8. The van der Waals surface area contributed by atoms with Gasteiger partial charge in [0.1, 0.15) is 11.6 Å². The number of halogens is 2. The molecule has 0 fully saturated rings. The number of hydrogen-bond donors (Lipinski definition) is 2. The van der Waals surface area contributed by atoms with Crippen LogP contribution in [-0.4, -0.2) is 22.5 Å². The van der Waals surface area contributed by atoms with Crippen molar-refractivity contribution in [3.8, 4) is 0 Å². The third-order valence-electron chi connectivity index (χ3n) is 3.71. The fourth-order valence-electron chi connectivity index (χ4n) is 2.41. The monoisotopic (exact) mass is 378 g/mol. The highest BCUT2D eigenvalue weighted by atomic mass is 32.1. The number of nitrogens with zero attached hydrogens (tertiary/aromatic N) is 1. The summed E-state index contributed by atoms with van der Waals surface area (Å²) < 4.78 is 27.2. The minimum absolute atomic E-state index is 0.0792. The summed E-state index contributed by atoms with van der Waals surface area (Å²) >= 11 is 1.14. The highest BCUT2D eigenvalue weighted by Gasteiger charge is 2.17. The Morgan fingerprint density at radius 3 is 2.69 bits per heavy atom. The van der Waals surface area contributed by atoms with Gasteiger partial charge in [-0.2, -0.15) is 0 Å². The van der Waals surface area contributed by atoms with E-state index in [1.165, 1.54) is 18.2 Å². The second-order valence-corrected chi connectivity index (χ2v) is 6.57. The Morgan fingerprint density at radius 1 is 1.23 bits per heavy atom. The molecule has 9 heteroatoms. The molecule has 134 valence electrons. The van der Waals surface area contributed by atoms with Crippen molar-refractivity contribution in [1.29, 1.82) is 0 Å². The smallest absolute Gasteiger partial charge is 0.270 e. The Labute approximate surface area is 149 Å². The highest BCUT2D eigenvalue weighted by molar-refractivity contribution is 7.20. The molecule has 1 atom stereocenters. The molecule has 1 aromatic heterocycles. The van der Waals surface area contributed by atoms with Crippen LogP contribution in [0, 0.1) is 21.7 Å². The first-order valence-corrected chi connectivity index (χ1v) is 8.26. The van der Waals surface area contributed by atoms with E-state index < -0.39 is 28.6 Å². The average molecular weight is 378 g/mol. The van der Waals surface area contributed by atoms with Gasteiger partial charge in [0.05, 0.1) is 15.9 Å². The summed E-state index contributed by atoms with van der Waals surface area (Å²) in [6, 6.07) is 8.56. The maximum absolute atomic E-state index is 13.6. The molecule has 26 heavy (non-hydrogen) atoms. The number of non-ortho nitro benzene ring substituents is 1. The normalized spacial score (nSPS) is 12.1. The Bertz CT molecular complexity index is 1010. The minimum Gasteiger partial charge on any atom is -0.386 e. The number of rotatable bonds is 5. The summed E-state index contributed by atoms with van der Waals surface area (Å²) in [6.45, 7) is -0.268. The Hall–Kier alpha value is -2.91. The van der Waals surface area contributed by atoms with Crippen molar-refractivity contribution in [1.82, 2.24) is 5.32 Å². The lowest BCUT2D eigenvalue weighted by molar-refractivity contribution is -0.384. The fraction of sp³-hybridized carbons (Fsp3) is 0.118. The summed E-state index contributed by atoms with van der Waals surface area (Å²) in [5, 5.41) is 23.8. The molecular formula is C17H12F2N2O4S. The van der Waals surface area contributed by atoms with Crippen molar-refractivity contribution < 1.29 is 23.6 Å². The fourth-order valence-corrected chi connectivity index (χ4v) is 3.37. The average Bonchev–Trinajstić information content (AvgIpc) is 3.02. The van der Waals surface area contributed by atoms with Crippen molar-refractivity contribution in [3.63, 3.8) is 0 Å². The topological polar surface area (TPSA) is 92.5 Å². The van der Waals surface area contributed by atoms with Crippen LogP contribution >= 0.6 is 11.3 Å². The van der Waals surface area contributed by atoms with Gasteiger partial charge in [-0.3, -0.25) is 14.9 Å². The number of aliphatic hydroxyl groups excluding tert-OH is 1. The van der Waals surface area contributed by atoms with Crippen molar-refractivity contribution >= 4 is 33.0 Å². The molecule has 1 amide bonds. The van der Waals surface area contributed by atoms with Crippen LogP contribution in [0.3, 0.4) is 0 Å². The second-order valence-electron chi connectivity index (χ2n) is 5.48. The van der Waals surface area contributed by atoms with E-state index in [0.29, 0.717) is 21.0 Å². The zero-order valence-corrected chi connectivity index (χ0v) is 13.9. The molecule has 6 nitrogen and oxygen atoms in total. The number of carbonyl (C=O) groups is 1. The number of nitro benzene ring substituents is 1. The predicted octanol–water partition coefficient (Wildman–Crippen LogP) is 3.55. The van der Waals surface area contributed by atoms with Crippen molar-refractivity contribution in [2.45, 2.75) is 6.10 Å². The maximum Gasteiger partial charge on any atom is 0.270 e. The number of thiophene rings is 1. The van der Waals surface area contributed by atoms with E-state index in [1.807, 2.05) is 0 Å². The number of hydrogen-bond acceptors (Lipinski definition) is 5. The quantitative estimate of drug-likeness (QED) is 0.525. The van der Waals surface area contributed by atoms with Gasteiger partial charge in [0.2, 0.25) is 0 Å². The molecule has 3 aromatic rings. The summed E-state index contributed by atoms with van der Waals surface area (Å²) in [5.41, 5.74) is -0.205. The SMILES string of the molecule is O=C(NC[C@H](O)c1ccc(F)cc1F)c1cc2cc([N+](=O)[O-])ccc2s1. The van der Waals surface area contributed by atoms with Gasteiger partial charge in [0.25, 0.3) is 11.6 Å². The molecule has 0 saturated heterocycles. The third kappa shape index (κ3) is 3.68. The molecular weight excluding hydrogens is 366 g/mol. The standard InChI is InChI=1S/C17H12F2N2O4S/c18-10-1-3-12(13(19)7-10)14(22)8-20-17(23)16-6-9-5-11(21(24)25)2-4-15(9)26-16/h1-7,14,22H,8H2,(H,20,23)/t14-/m0/s1. The molecule has 0 aliphatic rings. The first-order valence-electron chi connectivity index (χ1n) is 7.44. The Kier molecular flexibility index (Phi) is 4.92. The van der Waals surface area contributed by atoms with Crippen LogP contribution in [0.1, 0.15) is 21.3 Å².